The van der Waals surface area contributed by atoms with E-state index in [4.69, 9.17) is 12.2 Å². The van der Waals surface area contributed by atoms with E-state index in [9.17, 15) is 0 Å². The Morgan fingerprint density at radius 2 is 1.90 bits per heavy atom. The number of nitrogens with one attached hydrogen (secondary N) is 2. The van der Waals surface area contributed by atoms with Crippen molar-refractivity contribution in [3.05, 3.63) is 52.2 Å². The first kappa shape index (κ1) is 15.7. The molecule has 0 saturated heterocycles. The highest BCUT2D eigenvalue weighted by Gasteiger charge is 2.01. The van der Waals surface area contributed by atoms with Crippen LogP contribution in [0.25, 0.3) is 0 Å². The third-order valence-electron chi connectivity index (χ3n) is 3.04. The average molecular weight is 317 g/mol. The van der Waals surface area contributed by atoms with Gasteiger partial charge in [0.05, 0.1) is 5.71 Å². The number of thiophene rings is 1. The number of hydrogen-bond donors (Lipinski definition) is 2. The molecule has 0 spiro atoms. The Morgan fingerprint density at radius 3 is 2.48 bits per heavy atom. The van der Waals surface area contributed by atoms with Crippen molar-refractivity contribution in [3.8, 4) is 0 Å². The molecule has 0 aliphatic heterocycles. The van der Waals surface area contributed by atoms with Crippen molar-refractivity contribution in [1.82, 2.24) is 5.43 Å². The van der Waals surface area contributed by atoms with Crippen LogP contribution in [0.15, 0.2) is 46.9 Å². The highest BCUT2D eigenvalue weighted by atomic mass is 32.1. The lowest BCUT2D eigenvalue weighted by Gasteiger charge is -2.10. The monoisotopic (exact) mass is 317 g/mol. The largest absolute Gasteiger partial charge is 0.331 e. The summed E-state index contributed by atoms with van der Waals surface area (Å²) in [6.45, 7) is 6.31. The minimum absolute atomic E-state index is 0.489. The molecule has 21 heavy (non-hydrogen) atoms. The maximum absolute atomic E-state index is 5.24. The summed E-state index contributed by atoms with van der Waals surface area (Å²) < 4.78 is 0. The molecule has 0 atom stereocenters. The first-order valence-electron chi connectivity index (χ1n) is 6.81. The number of nitrogens with zero attached hydrogens (tertiary/aromatic N) is 1. The van der Waals surface area contributed by atoms with Crippen LogP contribution in [0.5, 0.6) is 0 Å². The first-order chi connectivity index (χ1) is 10.1. The zero-order valence-electron chi connectivity index (χ0n) is 12.4. The minimum atomic E-state index is 0.489. The fourth-order valence-electron chi connectivity index (χ4n) is 1.78. The summed E-state index contributed by atoms with van der Waals surface area (Å²) in [5.74, 6) is 0.530. The molecule has 0 unspecified atom stereocenters. The fourth-order valence-corrected chi connectivity index (χ4v) is 2.63. The van der Waals surface area contributed by atoms with Gasteiger partial charge in [-0.25, -0.2) is 0 Å². The van der Waals surface area contributed by atoms with Crippen molar-refractivity contribution in [1.29, 1.82) is 0 Å². The smallest absolute Gasteiger partial charge is 0.191 e. The number of hydrogen-bond acceptors (Lipinski definition) is 3. The lowest BCUT2D eigenvalue weighted by Crippen LogP contribution is -2.24. The summed E-state index contributed by atoms with van der Waals surface area (Å²) >= 11 is 6.90. The molecular formula is C16H19N3S2. The summed E-state index contributed by atoms with van der Waals surface area (Å²) in [5.41, 5.74) is 6.06. The molecule has 1 aromatic carbocycles. The molecule has 110 valence electrons. The van der Waals surface area contributed by atoms with Crippen LogP contribution in [0.4, 0.5) is 5.69 Å². The van der Waals surface area contributed by atoms with Gasteiger partial charge in [-0.05, 0) is 54.2 Å². The molecule has 0 saturated carbocycles. The molecule has 5 heteroatoms. The Hall–Kier alpha value is -1.72. The van der Waals surface area contributed by atoms with E-state index in [1.54, 1.807) is 11.3 Å². The van der Waals surface area contributed by atoms with Crippen LogP contribution in [0, 0.1) is 0 Å². The Bertz CT molecular complexity index is 613. The van der Waals surface area contributed by atoms with E-state index in [0.717, 1.165) is 16.3 Å². The van der Waals surface area contributed by atoms with Gasteiger partial charge in [-0.15, -0.1) is 11.3 Å². The molecule has 0 fully saturated rings. The van der Waals surface area contributed by atoms with E-state index in [1.807, 2.05) is 36.6 Å². The molecule has 3 nitrogen and oxygen atoms in total. The predicted octanol–water partition coefficient (Wildman–Crippen LogP) is 4.58. The van der Waals surface area contributed by atoms with Gasteiger partial charge in [-0.1, -0.05) is 32.0 Å². The molecule has 0 aliphatic carbocycles. The van der Waals surface area contributed by atoms with E-state index in [0.29, 0.717) is 11.0 Å². The summed E-state index contributed by atoms with van der Waals surface area (Å²) in [5, 5.41) is 9.93. The molecule has 1 heterocycles. The molecule has 0 radical (unpaired) electrons. The standard InChI is InChI=1S/C16H19N3S2/c1-11(2)13-6-8-14(9-7-13)17-16(20)19-18-12(3)15-5-4-10-21-15/h4-11H,1-3H3,(H2,17,19,20)/b18-12-. The van der Waals surface area contributed by atoms with E-state index < -0.39 is 0 Å². The second kappa shape index (κ2) is 7.33. The van der Waals surface area contributed by atoms with Crippen molar-refractivity contribution in [2.45, 2.75) is 26.7 Å². The van der Waals surface area contributed by atoms with Gasteiger partial charge in [0.25, 0.3) is 0 Å². The highest BCUT2D eigenvalue weighted by molar-refractivity contribution is 7.80. The topological polar surface area (TPSA) is 36.4 Å². The third kappa shape index (κ3) is 4.65. The van der Waals surface area contributed by atoms with E-state index >= 15 is 0 Å². The Kier molecular flexibility index (Phi) is 5.47. The first-order valence-corrected chi connectivity index (χ1v) is 8.10. The molecule has 0 aliphatic rings. The van der Waals surface area contributed by atoms with Gasteiger partial charge >= 0.3 is 0 Å². The van der Waals surface area contributed by atoms with Gasteiger partial charge in [-0.3, -0.25) is 5.43 Å². The molecule has 0 bridgehead atoms. The molecule has 2 N–H and O–H groups in total. The summed E-state index contributed by atoms with van der Waals surface area (Å²) in [6, 6.07) is 12.3. The van der Waals surface area contributed by atoms with Crippen molar-refractivity contribution in [2.75, 3.05) is 5.32 Å². The Labute approximate surface area is 135 Å². The zero-order valence-corrected chi connectivity index (χ0v) is 14.0. The Morgan fingerprint density at radius 1 is 1.19 bits per heavy atom. The summed E-state index contributed by atoms with van der Waals surface area (Å²) in [6.07, 6.45) is 0. The number of benzene rings is 1. The van der Waals surface area contributed by atoms with Crippen LogP contribution in [-0.4, -0.2) is 10.8 Å². The van der Waals surface area contributed by atoms with Gasteiger partial charge in [-0.2, -0.15) is 5.10 Å². The molecule has 2 rings (SSSR count). The SMILES string of the molecule is C/C(=N/NC(=S)Nc1ccc(C(C)C)cc1)c1cccs1. The number of anilines is 1. The molecular weight excluding hydrogens is 298 g/mol. The second-order valence-corrected chi connectivity index (χ2v) is 6.37. The minimum Gasteiger partial charge on any atom is -0.331 e. The maximum Gasteiger partial charge on any atom is 0.191 e. The fraction of sp³-hybridized carbons (Fsp3) is 0.250. The highest BCUT2D eigenvalue weighted by Crippen LogP contribution is 2.17. The van der Waals surface area contributed by atoms with Crippen molar-refractivity contribution in [3.63, 3.8) is 0 Å². The van der Waals surface area contributed by atoms with Crippen LogP contribution in [-0.2, 0) is 0 Å². The van der Waals surface area contributed by atoms with Gasteiger partial charge in [0, 0.05) is 10.6 Å². The molecule has 2 aromatic rings. The zero-order chi connectivity index (χ0) is 15.2. The average Bonchev–Trinajstić information content (AvgIpc) is 2.99. The van der Waals surface area contributed by atoms with Crippen LogP contribution in [0.2, 0.25) is 0 Å². The van der Waals surface area contributed by atoms with Crippen molar-refractivity contribution in [2.24, 2.45) is 5.10 Å². The number of hydrazone groups is 1. The predicted molar refractivity (Wildman–Crippen MR) is 96.4 cm³/mol. The summed E-state index contributed by atoms with van der Waals surface area (Å²) in [4.78, 5) is 1.13. The quantitative estimate of drug-likeness (QED) is 0.492. The van der Waals surface area contributed by atoms with Gasteiger partial charge in [0.15, 0.2) is 5.11 Å². The van der Waals surface area contributed by atoms with E-state index in [-0.39, 0.29) is 0 Å². The molecule has 0 amide bonds. The maximum atomic E-state index is 5.24. The van der Waals surface area contributed by atoms with Gasteiger partial charge in [0.2, 0.25) is 0 Å². The lowest BCUT2D eigenvalue weighted by molar-refractivity contribution is 0.867. The van der Waals surface area contributed by atoms with Crippen molar-refractivity contribution < 1.29 is 0 Å². The summed E-state index contributed by atoms with van der Waals surface area (Å²) in [7, 11) is 0. The lowest BCUT2D eigenvalue weighted by atomic mass is 10.0. The van der Waals surface area contributed by atoms with Crippen LogP contribution < -0.4 is 10.7 Å². The van der Waals surface area contributed by atoms with Crippen LogP contribution >= 0.6 is 23.6 Å². The Balaban J connectivity index is 1.91. The number of rotatable bonds is 4. The number of thiocarbonyl (C=S) groups is 1. The van der Waals surface area contributed by atoms with Crippen molar-refractivity contribution >= 4 is 40.1 Å². The van der Waals surface area contributed by atoms with E-state index in [2.05, 4.69) is 41.8 Å². The van der Waals surface area contributed by atoms with Crippen LogP contribution in [0.1, 0.15) is 37.1 Å². The van der Waals surface area contributed by atoms with Crippen LogP contribution in [0.3, 0.4) is 0 Å². The molecule has 1 aromatic heterocycles. The third-order valence-corrected chi connectivity index (χ3v) is 4.21. The van der Waals surface area contributed by atoms with E-state index in [1.165, 1.54) is 5.56 Å². The normalized spacial score (nSPS) is 11.5. The van der Waals surface area contributed by atoms with Gasteiger partial charge < -0.3 is 5.32 Å². The van der Waals surface area contributed by atoms with Gasteiger partial charge in [0.1, 0.15) is 0 Å². The second-order valence-electron chi connectivity index (χ2n) is 5.02.